The van der Waals surface area contributed by atoms with Gasteiger partial charge in [-0.1, -0.05) is 23.7 Å². The number of rotatable bonds is 7. The molecule has 1 amide bonds. The van der Waals surface area contributed by atoms with Crippen molar-refractivity contribution in [3.63, 3.8) is 0 Å². The largest absolute Gasteiger partial charge is 0.497 e. The van der Waals surface area contributed by atoms with Gasteiger partial charge in [-0.15, -0.1) is 0 Å². The second-order valence-electron chi connectivity index (χ2n) is 6.31. The monoisotopic (exact) mass is 409 g/mol. The molecule has 0 saturated carbocycles. The highest BCUT2D eigenvalue weighted by atomic mass is 35.5. The fourth-order valence-corrected chi connectivity index (χ4v) is 2.93. The van der Waals surface area contributed by atoms with Crippen LogP contribution in [0.5, 0.6) is 11.5 Å². The van der Waals surface area contributed by atoms with Crippen molar-refractivity contribution in [3.05, 3.63) is 88.9 Å². The topological polar surface area (TPSA) is 64.6 Å². The number of hydrogen-bond donors (Lipinski definition) is 1. The summed E-state index contributed by atoms with van der Waals surface area (Å²) in [5.41, 5.74) is 1.53. The van der Waals surface area contributed by atoms with E-state index in [4.69, 9.17) is 21.1 Å². The van der Waals surface area contributed by atoms with Crippen LogP contribution in [0.15, 0.2) is 72.8 Å². The minimum absolute atomic E-state index is 0.135. The molecule has 0 aliphatic carbocycles. The van der Waals surface area contributed by atoms with Crippen molar-refractivity contribution in [2.45, 2.75) is 13.0 Å². The van der Waals surface area contributed by atoms with Crippen molar-refractivity contribution >= 4 is 29.0 Å². The third-order valence-electron chi connectivity index (χ3n) is 4.29. The maximum atomic E-state index is 12.5. The van der Waals surface area contributed by atoms with E-state index in [-0.39, 0.29) is 11.7 Å². The lowest BCUT2D eigenvalue weighted by Gasteiger charge is -2.14. The fraction of sp³-hybridized carbons (Fsp3) is 0.130. The van der Waals surface area contributed by atoms with E-state index < -0.39 is 6.10 Å². The zero-order chi connectivity index (χ0) is 20.8. The van der Waals surface area contributed by atoms with Crippen LogP contribution in [-0.4, -0.2) is 24.9 Å². The van der Waals surface area contributed by atoms with Gasteiger partial charge >= 0.3 is 0 Å². The number of benzene rings is 3. The van der Waals surface area contributed by atoms with E-state index in [0.29, 0.717) is 33.3 Å². The number of ketones is 1. The summed E-state index contributed by atoms with van der Waals surface area (Å²) < 4.78 is 10.8. The lowest BCUT2D eigenvalue weighted by Crippen LogP contribution is -2.23. The fourth-order valence-electron chi connectivity index (χ4n) is 2.71. The van der Waals surface area contributed by atoms with Crippen LogP contribution in [0.25, 0.3) is 0 Å². The van der Waals surface area contributed by atoms with E-state index in [1.807, 2.05) is 0 Å². The van der Waals surface area contributed by atoms with Crippen molar-refractivity contribution < 1.29 is 19.1 Å². The maximum absolute atomic E-state index is 12.5. The van der Waals surface area contributed by atoms with E-state index in [1.165, 1.54) is 0 Å². The quantitative estimate of drug-likeness (QED) is 0.541. The number of Topliss-reactive ketones (excluding diaryl/α,β-unsaturated/α-hetero) is 1. The van der Waals surface area contributed by atoms with Gasteiger partial charge in [0.15, 0.2) is 6.10 Å². The molecule has 0 heterocycles. The van der Waals surface area contributed by atoms with Gasteiger partial charge < -0.3 is 14.8 Å². The Hall–Kier alpha value is -3.31. The number of nitrogens with one attached hydrogen (secondary N) is 1. The number of amides is 1. The molecule has 0 unspecified atom stereocenters. The molecule has 0 fully saturated rings. The lowest BCUT2D eigenvalue weighted by atomic mass is 10.1. The maximum Gasteiger partial charge on any atom is 0.257 e. The van der Waals surface area contributed by atoms with Gasteiger partial charge in [0, 0.05) is 11.3 Å². The van der Waals surface area contributed by atoms with Gasteiger partial charge in [-0.3, -0.25) is 9.59 Å². The molecule has 6 heteroatoms. The van der Waals surface area contributed by atoms with Crippen molar-refractivity contribution in [1.29, 1.82) is 0 Å². The average Bonchev–Trinajstić information content (AvgIpc) is 2.75. The molecular formula is C23H20ClNO4. The first-order chi connectivity index (χ1) is 14.0. The van der Waals surface area contributed by atoms with Crippen molar-refractivity contribution in [1.82, 2.24) is 0 Å². The molecule has 3 aromatic carbocycles. The first-order valence-electron chi connectivity index (χ1n) is 8.99. The van der Waals surface area contributed by atoms with E-state index in [1.54, 1.807) is 86.8 Å². The second-order valence-corrected chi connectivity index (χ2v) is 6.72. The Labute approximate surface area is 174 Å². The molecule has 0 radical (unpaired) electrons. The average molecular weight is 410 g/mol. The number of methoxy groups -OCH3 is 1. The van der Waals surface area contributed by atoms with Gasteiger partial charge in [-0.05, 0) is 67.6 Å². The zero-order valence-electron chi connectivity index (χ0n) is 16.0. The third kappa shape index (κ3) is 5.15. The molecule has 29 heavy (non-hydrogen) atoms. The minimum Gasteiger partial charge on any atom is -0.497 e. The van der Waals surface area contributed by atoms with Crippen LogP contribution in [0.4, 0.5) is 5.69 Å². The van der Waals surface area contributed by atoms with Crippen molar-refractivity contribution in [2.75, 3.05) is 12.4 Å². The van der Waals surface area contributed by atoms with Gasteiger partial charge in [-0.25, -0.2) is 0 Å². The SMILES string of the molecule is COc1ccc(C(=O)[C@@H](C)Oc2ccc(NC(=O)c3ccccc3Cl)cc2)cc1. The molecule has 3 rings (SSSR count). The Morgan fingerprint density at radius 3 is 2.14 bits per heavy atom. The van der Waals surface area contributed by atoms with Crippen LogP contribution < -0.4 is 14.8 Å². The molecule has 0 aliphatic heterocycles. The van der Waals surface area contributed by atoms with Crippen LogP contribution in [0, 0.1) is 0 Å². The number of ether oxygens (including phenoxy) is 2. The van der Waals surface area contributed by atoms with E-state index in [9.17, 15) is 9.59 Å². The van der Waals surface area contributed by atoms with Crippen molar-refractivity contribution in [3.8, 4) is 11.5 Å². The summed E-state index contributed by atoms with van der Waals surface area (Å²) in [5.74, 6) is 0.774. The van der Waals surface area contributed by atoms with E-state index in [2.05, 4.69) is 5.32 Å². The van der Waals surface area contributed by atoms with Crippen molar-refractivity contribution in [2.24, 2.45) is 0 Å². The molecule has 3 aromatic rings. The predicted molar refractivity (Wildman–Crippen MR) is 113 cm³/mol. The number of hydrogen-bond acceptors (Lipinski definition) is 4. The molecule has 148 valence electrons. The molecule has 5 nitrogen and oxygen atoms in total. The predicted octanol–water partition coefficient (Wildman–Crippen LogP) is 5.25. The molecule has 1 atom stereocenters. The van der Waals surface area contributed by atoms with Gasteiger partial charge in [0.1, 0.15) is 11.5 Å². The number of carbonyl (C=O) groups excluding carboxylic acids is 2. The molecule has 0 spiro atoms. The molecule has 0 bridgehead atoms. The molecule has 0 aromatic heterocycles. The summed E-state index contributed by atoms with van der Waals surface area (Å²) in [4.78, 5) is 24.8. The molecule has 1 N–H and O–H groups in total. The Kier molecular flexibility index (Phi) is 6.52. The summed E-state index contributed by atoms with van der Waals surface area (Å²) in [6, 6.07) is 20.5. The molecule has 0 saturated heterocycles. The van der Waals surface area contributed by atoms with Crippen LogP contribution >= 0.6 is 11.6 Å². The first-order valence-corrected chi connectivity index (χ1v) is 9.36. The smallest absolute Gasteiger partial charge is 0.257 e. The number of anilines is 1. The zero-order valence-corrected chi connectivity index (χ0v) is 16.8. The second kappa shape index (κ2) is 9.26. The van der Waals surface area contributed by atoms with Gasteiger partial charge in [0.05, 0.1) is 17.7 Å². The Balaban J connectivity index is 1.61. The van der Waals surface area contributed by atoms with Crippen LogP contribution in [0.1, 0.15) is 27.6 Å². The standard InChI is InChI=1S/C23H20ClNO4/c1-15(22(26)16-7-11-18(28-2)12-8-16)29-19-13-9-17(10-14-19)25-23(27)20-5-3-4-6-21(20)24/h3-15H,1-2H3,(H,25,27)/t15-/m1/s1. The Bertz CT molecular complexity index is 1000. The van der Waals surface area contributed by atoms with Gasteiger partial charge in [-0.2, -0.15) is 0 Å². The normalized spacial score (nSPS) is 11.4. The molecule has 0 aliphatic rings. The highest BCUT2D eigenvalue weighted by Gasteiger charge is 2.17. The van der Waals surface area contributed by atoms with Crippen LogP contribution in [0.2, 0.25) is 5.02 Å². The van der Waals surface area contributed by atoms with Gasteiger partial charge in [0.25, 0.3) is 5.91 Å². The lowest BCUT2D eigenvalue weighted by molar-refractivity contribution is 0.0818. The van der Waals surface area contributed by atoms with Crippen LogP contribution in [0.3, 0.4) is 0 Å². The van der Waals surface area contributed by atoms with E-state index in [0.717, 1.165) is 0 Å². The highest BCUT2D eigenvalue weighted by Crippen LogP contribution is 2.21. The summed E-state index contributed by atoms with van der Waals surface area (Å²) in [6.45, 7) is 1.69. The summed E-state index contributed by atoms with van der Waals surface area (Å²) in [7, 11) is 1.57. The first kappa shape index (κ1) is 20.4. The van der Waals surface area contributed by atoms with Gasteiger partial charge in [0.2, 0.25) is 5.78 Å². The van der Waals surface area contributed by atoms with Crippen LogP contribution in [-0.2, 0) is 0 Å². The molecular weight excluding hydrogens is 390 g/mol. The number of carbonyl (C=O) groups is 2. The summed E-state index contributed by atoms with van der Waals surface area (Å²) in [6.07, 6.45) is -0.660. The Morgan fingerprint density at radius 2 is 1.52 bits per heavy atom. The number of halogens is 1. The minimum atomic E-state index is -0.660. The highest BCUT2D eigenvalue weighted by molar-refractivity contribution is 6.34. The Morgan fingerprint density at radius 1 is 0.897 bits per heavy atom. The van der Waals surface area contributed by atoms with E-state index >= 15 is 0 Å². The summed E-state index contributed by atoms with van der Waals surface area (Å²) >= 11 is 6.05. The summed E-state index contributed by atoms with van der Waals surface area (Å²) in [5, 5.41) is 3.17. The third-order valence-corrected chi connectivity index (χ3v) is 4.62.